The fraction of sp³-hybridized carbons (Fsp3) is 0.250. The van der Waals surface area contributed by atoms with Crippen molar-refractivity contribution in [3.8, 4) is 0 Å². The Kier molecular flexibility index (Phi) is 5.85. The van der Waals surface area contributed by atoms with E-state index < -0.39 is 8.56 Å². The van der Waals surface area contributed by atoms with Crippen molar-refractivity contribution in [2.45, 2.75) is 26.3 Å². The molecule has 0 fully saturated rings. The van der Waals surface area contributed by atoms with E-state index in [-0.39, 0.29) is 0 Å². The molecule has 0 saturated carbocycles. The van der Waals surface area contributed by atoms with Crippen LogP contribution in [-0.2, 0) is 22.1 Å². The molecule has 21 heavy (non-hydrogen) atoms. The van der Waals surface area contributed by atoms with Crippen LogP contribution in [0.5, 0.6) is 0 Å². The molecule has 0 bridgehead atoms. The summed E-state index contributed by atoms with van der Waals surface area (Å²) in [5.41, 5.74) is 2.19. The van der Waals surface area contributed by atoms with Gasteiger partial charge in [-0.2, -0.15) is 0 Å². The van der Waals surface area contributed by atoms with E-state index in [1.54, 1.807) is 0 Å². The van der Waals surface area contributed by atoms with E-state index in [0.717, 1.165) is 21.2 Å². The second kappa shape index (κ2) is 7.43. The topological polar surface area (TPSA) is 18.5 Å². The van der Waals surface area contributed by atoms with E-state index >= 15 is 0 Å². The third-order valence-corrected chi connectivity index (χ3v) is 5.18. The summed E-state index contributed by atoms with van der Waals surface area (Å²) < 4.78 is 11.9. The maximum Gasteiger partial charge on any atom is 0.332 e. The first-order chi connectivity index (χ1) is 9.94. The Balaban J connectivity index is 1.83. The molecule has 0 saturated heterocycles. The molecule has 0 aliphatic heterocycles. The van der Waals surface area contributed by atoms with Crippen molar-refractivity contribution in [1.82, 2.24) is 0 Å². The van der Waals surface area contributed by atoms with Crippen LogP contribution in [0.3, 0.4) is 0 Å². The van der Waals surface area contributed by atoms with Crippen molar-refractivity contribution in [2.24, 2.45) is 0 Å². The van der Waals surface area contributed by atoms with E-state index in [1.807, 2.05) is 61.6 Å². The number of rotatable bonds is 6. The molecule has 112 valence electrons. The van der Waals surface area contributed by atoms with Crippen LogP contribution in [0, 0.1) is 0 Å². The average Bonchev–Trinajstić information content (AvgIpc) is 2.46. The normalized spacial score (nSPS) is 11.6. The zero-order valence-corrected chi connectivity index (χ0v) is 14.6. The fourth-order valence-corrected chi connectivity index (χ4v) is 3.08. The lowest BCUT2D eigenvalue weighted by atomic mass is 10.2. The highest BCUT2D eigenvalue weighted by molar-refractivity contribution is 6.64. The molecule has 0 aliphatic carbocycles. The Morgan fingerprint density at radius 1 is 0.714 bits per heavy atom. The number of benzene rings is 2. The summed E-state index contributed by atoms with van der Waals surface area (Å²) in [6, 6.07) is 15.3. The summed E-state index contributed by atoms with van der Waals surface area (Å²) in [4.78, 5) is 0. The van der Waals surface area contributed by atoms with Gasteiger partial charge in [0.2, 0.25) is 0 Å². The molecule has 2 aromatic carbocycles. The summed E-state index contributed by atoms with van der Waals surface area (Å²) in [5.74, 6) is 0. The molecule has 2 nitrogen and oxygen atoms in total. The highest BCUT2D eigenvalue weighted by Crippen LogP contribution is 2.16. The fourth-order valence-electron chi connectivity index (χ4n) is 1.72. The molecule has 0 unspecified atom stereocenters. The molecule has 0 aromatic heterocycles. The predicted molar refractivity (Wildman–Crippen MR) is 90.0 cm³/mol. The van der Waals surface area contributed by atoms with Crippen molar-refractivity contribution in [1.29, 1.82) is 0 Å². The first kappa shape index (κ1) is 16.5. The van der Waals surface area contributed by atoms with Gasteiger partial charge in [-0.1, -0.05) is 47.5 Å². The zero-order valence-electron chi connectivity index (χ0n) is 12.1. The molecule has 2 rings (SSSR count). The zero-order chi connectivity index (χ0) is 15.3. The van der Waals surface area contributed by atoms with Crippen molar-refractivity contribution >= 4 is 31.8 Å². The van der Waals surface area contributed by atoms with E-state index in [2.05, 4.69) is 0 Å². The molecule has 5 heteroatoms. The molecule has 0 aliphatic rings. The molecular formula is C16H18Cl2O2Si. The van der Waals surface area contributed by atoms with Crippen LogP contribution < -0.4 is 0 Å². The lowest BCUT2D eigenvalue weighted by Gasteiger charge is -2.23. The van der Waals surface area contributed by atoms with Crippen LogP contribution in [0.15, 0.2) is 48.5 Å². The van der Waals surface area contributed by atoms with Gasteiger partial charge in [-0.3, -0.25) is 0 Å². The molecule has 0 atom stereocenters. The molecule has 0 amide bonds. The molecule has 0 N–H and O–H groups in total. The summed E-state index contributed by atoms with van der Waals surface area (Å²) in [5, 5.41) is 1.46. The highest BCUT2D eigenvalue weighted by atomic mass is 35.5. The van der Waals surface area contributed by atoms with E-state index in [9.17, 15) is 0 Å². The van der Waals surface area contributed by atoms with Crippen LogP contribution >= 0.6 is 23.2 Å². The van der Waals surface area contributed by atoms with Gasteiger partial charge in [0.1, 0.15) is 0 Å². The Morgan fingerprint density at radius 2 is 1.05 bits per heavy atom. The average molecular weight is 341 g/mol. The quantitative estimate of drug-likeness (QED) is 0.653. The van der Waals surface area contributed by atoms with Crippen LogP contribution in [0.1, 0.15) is 11.1 Å². The maximum absolute atomic E-state index is 5.95. The highest BCUT2D eigenvalue weighted by Gasteiger charge is 2.24. The monoisotopic (exact) mass is 340 g/mol. The molecule has 0 heterocycles. The summed E-state index contributed by atoms with van der Waals surface area (Å²) >= 11 is 11.7. The van der Waals surface area contributed by atoms with Gasteiger partial charge in [-0.15, -0.1) is 0 Å². The summed E-state index contributed by atoms with van der Waals surface area (Å²) in [7, 11) is -2.16. The van der Waals surface area contributed by atoms with Crippen LogP contribution in [-0.4, -0.2) is 8.56 Å². The lowest BCUT2D eigenvalue weighted by molar-refractivity contribution is 0.164. The molecule has 0 spiro atoms. The second-order valence-electron chi connectivity index (χ2n) is 5.23. The minimum Gasteiger partial charge on any atom is -0.390 e. The van der Waals surface area contributed by atoms with Crippen molar-refractivity contribution in [3.05, 3.63) is 69.7 Å². The SMILES string of the molecule is C[Si](C)(OCc1ccc(Cl)cc1)OCc1ccc(Cl)cc1. The summed E-state index contributed by atoms with van der Waals surface area (Å²) in [6.07, 6.45) is 0. The van der Waals surface area contributed by atoms with Gasteiger partial charge in [0.25, 0.3) is 0 Å². The Morgan fingerprint density at radius 3 is 1.38 bits per heavy atom. The Bertz CT molecular complexity index is 516. The van der Waals surface area contributed by atoms with Gasteiger partial charge in [0.05, 0.1) is 13.2 Å². The smallest absolute Gasteiger partial charge is 0.332 e. The lowest BCUT2D eigenvalue weighted by Crippen LogP contribution is -2.34. The van der Waals surface area contributed by atoms with Crippen molar-refractivity contribution < 1.29 is 8.85 Å². The standard InChI is InChI=1S/C16H18Cl2O2Si/c1-21(2,19-11-13-3-7-15(17)8-4-13)20-12-14-5-9-16(18)10-6-14/h3-10H,11-12H2,1-2H3. The predicted octanol–water partition coefficient (Wildman–Crippen LogP) is 5.43. The summed E-state index contributed by atoms with van der Waals surface area (Å²) in [6.45, 7) is 5.16. The van der Waals surface area contributed by atoms with Gasteiger partial charge in [-0.25, -0.2) is 0 Å². The Labute approximate surface area is 136 Å². The first-order valence-corrected chi connectivity index (χ1v) is 10.3. The van der Waals surface area contributed by atoms with Gasteiger partial charge < -0.3 is 8.85 Å². The van der Waals surface area contributed by atoms with Gasteiger partial charge in [-0.05, 0) is 48.5 Å². The number of hydrogen-bond donors (Lipinski definition) is 0. The third-order valence-electron chi connectivity index (χ3n) is 3.00. The van der Waals surface area contributed by atoms with Gasteiger partial charge in [0.15, 0.2) is 0 Å². The maximum atomic E-state index is 5.95. The third kappa shape index (κ3) is 5.81. The van der Waals surface area contributed by atoms with Gasteiger partial charge >= 0.3 is 8.56 Å². The molecular weight excluding hydrogens is 323 g/mol. The second-order valence-corrected chi connectivity index (χ2v) is 9.48. The van der Waals surface area contributed by atoms with E-state index in [1.165, 1.54) is 0 Å². The largest absolute Gasteiger partial charge is 0.390 e. The van der Waals surface area contributed by atoms with Gasteiger partial charge in [0, 0.05) is 10.0 Å². The van der Waals surface area contributed by atoms with E-state index in [0.29, 0.717) is 13.2 Å². The van der Waals surface area contributed by atoms with Crippen LogP contribution in [0.25, 0.3) is 0 Å². The molecule has 0 radical (unpaired) electrons. The van der Waals surface area contributed by atoms with Crippen molar-refractivity contribution in [3.63, 3.8) is 0 Å². The number of halogens is 2. The van der Waals surface area contributed by atoms with Crippen molar-refractivity contribution in [2.75, 3.05) is 0 Å². The van der Waals surface area contributed by atoms with E-state index in [4.69, 9.17) is 32.1 Å². The van der Waals surface area contributed by atoms with Crippen LogP contribution in [0.4, 0.5) is 0 Å². The molecule has 2 aromatic rings. The Hall–Kier alpha value is -0.843. The minimum atomic E-state index is -2.16. The minimum absolute atomic E-state index is 0.539. The number of hydrogen-bond acceptors (Lipinski definition) is 2. The first-order valence-electron chi connectivity index (χ1n) is 6.71. The van der Waals surface area contributed by atoms with Crippen LogP contribution in [0.2, 0.25) is 23.1 Å².